The Hall–Kier alpha value is -3.71. The molecular formula is C33H37ClF3N3O5Si. The Morgan fingerprint density at radius 2 is 1.63 bits per heavy atom. The first-order chi connectivity index (χ1) is 21.9. The molecule has 0 saturated carbocycles. The molecule has 2 aliphatic rings. The number of aromatic carboxylic acids is 1. The number of carboxylic acids is 1. The first-order valence-electron chi connectivity index (χ1n) is 15.0. The smallest absolute Gasteiger partial charge is 0.339 e. The zero-order chi connectivity index (χ0) is 33.6. The normalized spacial score (nSPS) is 15.0. The van der Waals surface area contributed by atoms with Crippen molar-refractivity contribution in [1.82, 2.24) is 5.32 Å². The van der Waals surface area contributed by atoms with E-state index in [0.29, 0.717) is 46.3 Å². The molecule has 0 bridgehead atoms. The molecule has 1 amide bonds. The van der Waals surface area contributed by atoms with Gasteiger partial charge in [-0.1, -0.05) is 38.1 Å². The van der Waals surface area contributed by atoms with Gasteiger partial charge in [0.05, 0.1) is 25.5 Å². The van der Waals surface area contributed by atoms with Gasteiger partial charge in [-0.25, -0.2) is 18.0 Å². The average molecular weight is 676 g/mol. The highest BCUT2D eigenvalue weighted by Crippen LogP contribution is 2.44. The second kappa shape index (κ2) is 15.3. The lowest BCUT2D eigenvalue weighted by atomic mass is 9.85. The first kappa shape index (κ1) is 35.1. The number of rotatable bonds is 15. The minimum atomic E-state index is -2.60. The number of carboxylic acid groups (broad SMARTS) is 1. The predicted molar refractivity (Wildman–Crippen MR) is 175 cm³/mol. The van der Waals surface area contributed by atoms with Crippen LogP contribution in [0.4, 0.5) is 18.9 Å². The van der Waals surface area contributed by atoms with Gasteiger partial charge in [-0.05, 0) is 64.2 Å². The molecule has 46 heavy (non-hydrogen) atoms. The number of carbonyl (C=O) groups excluding carboxylic acids is 1. The summed E-state index contributed by atoms with van der Waals surface area (Å²) >= 11 is 5.65. The van der Waals surface area contributed by atoms with Crippen LogP contribution in [0, 0.1) is 22.9 Å². The van der Waals surface area contributed by atoms with Crippen molar-refractivity contribution in [2.24, 2.45) is 0 Å². The number of benzene rings is 2. The fraction of sp³-hybridized carbons (Fsp3) is 0.364. The molecule has 8 nitrogen and oxygen atoms in total. The molecule has 0 aromatic heterocycles. The third kappa shape index (κ3) is 7.30. The molecule has 2 aromatic rings. The molecule has 0 fully saturated rings. The number of fused-ring (bicyclic) bond motifs is 2. The van der Waals surface area contributed by atoms with E-state index in [-0.39, 0.29) is 31.0 Å². The van der Waals surface area contributed by atoms with Crippen LogP contribution < -0.4 is 16.2 Å². The van der Waals surface area contributed by atoms with Crippen molar-refractivity contribution in [3.05, 3.63) is 86.9 Å². The van der Waals surface area contributed by atoms with Crippen LogP contribution >= 0.6 is 11.6 Å². The molecule has 0 atom stereocenters. The summed E-state index contributed by atoms with van der Waals surface area (Å²) in [6.45, 7) is 4.97. The summed E-state index contributed by atoms with van der Waals surface area (Å²) in [6.07, 6.45) is 8.51. The minimum absolute atomic E-state index is 0.00861. The fourth-order valence-electron chi connectivity index (χ4n) is 5.73. The maximum atomic E-state index is 16.5. The van der Waals surface area contributed by atoms with Crippen molar-refractivity contribution in [3.63, 3.8) is 0 Å². The highest BCUT2D eigenvalue weighted by molar-refractivity contribution is 6.98. The number of anilines is 1. The van der Waals surface area contributed by atoms with Crippen molar-refractivity contribution in [2.45, 2.75) is 38.8 Å². The SMILES string of the molecule is C[Si]1(C)C2=CC(=N)C=CC2=C(c2c(F)c(C(=O)NCCOCCOCCCCCCCl)c(F)c(F)c2C(=O)O)c2ccc(N)cc21. The zero-order valence-corrected chi connectivity index (χ0v) is 27.5. The van der Waals surface area contributed by atoms with E-state index >= 15 is 13.2 Å². The quantitative estimate of drug-likeness (QED) is 0.0626. The number of carbonyl (C=O) groups is 2. The Bertz CT molecular complexity index is 1640. The van der Waals surface area contributed by atoms with Crippen molar-refractivity contribution >= 4 is 53.7 Å². The topological polar surface area (TPSA) is 135 Å². The Kier molecular flexibility index (Phi) is 11.7. The van der Waals surface area contributed by atoms with Crippen LogP contribution in [-0.2, 0) is 9.47 Å². The van der Waals surface area contributed by atoms with E-state index in [2.05, 4.69) is 5.32 Å². The molecule has 2 aromatic carbocycles. The summed E-state index contributed by atoms with van der Waals surface area (Å²) in [5.74, 6) is -7.84. The Morgan fingerprint density at radius 3 is 2.33 bits per heavy atom. The average Bonchev–Trinajstić information content (AvgIpc) is 3.00. The van der Waals surface area contributed by atoms with E-state index in [0.717, 1.165) is 25.7 Å². The molecular weight excluding hydrogens is 639 g/mol. The van der Waals surface area contributed by atoms with E-state index in [1.54, 1.807) is 24.3 Å². The molecule has 0 spiro atoms. The van der Waals surface area contributed by atoms with Crippen LogP contribution in [0.25, 0.3) is 5.57 Å². The molecule has 1 aliphatic carbocycles. The lowest BCUT2D eigenvalue weighted by Gasteiger charge is -2.38. The number of nitrogens with one attached hydrogen (secondary N) is 2. The Labute approximate surface area is 271 Å². The molecule has 0 saturated heterocycles. The van der Waals surface area contributed by atoms with Crippen LogP contribution in [0.15, 0.2) is 47.2 Å². The lowest BCUT2D eigenvalue weighted by Crippen LogP contribution is -2.49. The molecule has 5 N–H and O–H groups in total. The van der Waals surface area contributed by atoms with Gasteiger partial charge in [0.15, 0.2) is 11.6 Å². The van der Waals surface area contributed by atoms with Gasteiger partial charge in [0.2, 0.25) is 0 Å². The number of unbranched alkanes of at least 4 members (excludes halogenated alkanes) is 3. The molecule has 0 radical (unpaired) electrons. The zero-order valence-electron chi connectivity index (χ0n) is 25.7. The summed E-state index contributed by atoms with van der Waals surface area (Å²) in [5.41, 5.74) is 4.15. The van der Waals surface area contributed by atoms with Gasteiger partial charge in [-0.15, -0.1) is 11.6 Å². The van der Waals surface area contributed by atoms with E-state index in [1.807, 2.05) is 13.1 Å². The second-order valence-electron chi connectivity index (χ2n) is 11.5. The largest absolute Gasteiger partial charge is 0.478 e. The number of hydrogen-bond acceptors (Lipinski definition) is 6. The molecule has 4 rings (SSSR count). The summed E-state index contributed by atoms with van der Waals surface area (Å²) in [4.78, 5) is 25.5. The monoisotopic (exact) mass is 675 g/mol. The van der Waals surface area contributed by atoms with Crippen LogP contribution in [0.3, 0.4) is 0 Å². The number of alkyl halides is 1. The van der Waals surface area contributed by atoms with Crippen LogP contribution in [0.2, 0.25) is 13.1 Å². The van der Waals surface area contributed by atoms with Gasteiger partial charge in [-0.3, -0.25) is 4.79 Å². The Balaban J connectivity index is 1.63. The number of nitrogens with two attached hydrogens (primary N) is 1. The number of allylic oxidation sites excluding steroid dienone is 5. The van der Waals surface area contributed by atoms with Gasteiger partial charge < -0.3 is 31.0 Å². The van der Waals surface area contributed by atoms with E-state index in [1.165, 1.54) is 12.2 Å². The molecule has 13 heteroatoms. The summed E-state index contributed by atoms with van der Waals surface area (Å²) in [7, 11) is -2.60. The van der Waals surface area contributed by atoms with Crippen LogP contribution in [0.5, 0.6) is 0 Å². The van der Waals surface area contributed by atoms with E-state index in [9.17, 15) is 14.7 Å². The van der Waals surface area contributed by atoms with Gasteiger partial charge in [0, 0.05) is 30.3 Å². The molecule has 246 valence electrons. The Morgan fingerprint density at radius 1 is 0.957 bits per heavy atom. The first-order valence-corrected chi connectivity index (χ1v) is 18.5. The summed E-state index contributed by atoms with van der Waals surface area (Å²) in [5, 5.41) is 21.9. The number of amides is 1. The van der Waals surface area contributed by atoms with Crippen molar-refractivity contribution in [1.29, 1.82) is 5.41 Å². The maximum absolute atomic E-state index is 16.5. The van der Waals surface area contributed by atoms with Crippen molar-refractivity contribution < 1.29 is 37.3 Å². The molecule has 1 heterocycles. The standard InChI is InChI=1S/C33H37ClF3N3O5Si/c1-46(2)23-17-19(38)7-9-21(23)25(22-10-8-20(39)18-24(22)46)26-27(33(42)43)30(36)31(37)28(29(26)35)32(41)40-12-14-45-16-15-44-13-6-4-3-5-11-34/h7-10,17-18,38H,3-6,11-16,39H2,1-2H3,(H,40,41)(H,42,43). The number of nitrogen functional groups attached to an aromatic ring is 1. The predicted octanol–water partition coefficient (Wildman–Crippen LogP) is 5.73. The molecule has 0 unspecified atom stereocenters. The molecule has 1 aliphatic heterocycles. The van der Waals surface area contributed by atoms with E-state index in [4.69, 9.17) is 32.2 Å². The third-order valence-corrected chi connectivity index (χ3v) is 11.8. The van der Waals surface area contributed by atoms with Crippen molar-refractivity contribution in [3.8, 4) is 0 Å². The third-order valence-electron chi connectivity index (χ3n) is 8.04. The van der Waals surface area contributed by atoms with Gasteiger partial charge in [-0.2, -0.15) is 0 Å². The number of halogens is 4. The van der Waals surface area contributed by atoms with Gasteiger partial charge >= 0.3 is 5.97 Å². The van der Waals surface area contributed by atoms with Crippen LogP contribution in [0.1, 0.15) is 57.5 Å². The minimum Gasteiger partial charge on any atom is -0.478 e. The maximum Gasteiger partial charge on any atom is 0.339 e. The summed E-state index contributed by atoms with van der Waals surface area (Å²) < 4.78 is 58.3. The summed E-state index contributed by atoms with van der Waals surface area (Å²) in [6, 6.07) is 4.83. The van der Waals surface area contributed by atoms with Crippen molar-refractivity contribution in [2.75, 3.05) is 44.6 Å². The fourth-order valence-corrected chi connectivity index (χ4v) is 9.02. The van der Waals surface area contributed by atoms with E-state index < -0.39 is 54.1 Å². The van der Waals surface area contributed by atoms with Gasteiger partial charge in [0.1, 0.15) is 25.0 Å². The highest BCUT2D eigenvalue weighted by Gasteiger charge is 2.43. The van der Waals surface area contributed by atoms with Gasteiger partial charge in [0.25, 0.3) is 5.91 Å². The highest BCUT2D eigenvalue weighted by atomic mass is 35.5. The second-order valence-corrected chi connectivity index (χ2v) is 16.2. The number of ether oxygens (including phenoxy) is 2. The number of hydrogen-bond donors (Lipinski definition) is 4. The van der Waals surface area contributed by atoms with Crippen LogP contribution in [-0.4, -0.2) is 69.6 Å². The lowest BCUT2D eigenvalue weighted by molar-refractivity contribution is 0.0468.